The topological polar surface area (TPSA) is 113 Å². The van der Waals surface area contributed by atoms with Gasteiger partial charge in [-0.25, -0.2) is 16.8 Å². The smallest absolute Gasteiger partial charge is 0.267 e. The number of benzene rings is 1. The van der Waals surface area contributed by atoms with Gasteiger partial charge in [-0.2, -0.15) is 4.31 Å². The molecule has 0 aliphatic carbocycles. The molecule has 1 aliphatic rings. The summed E-state index contributed by atoms with van der Waals surface area (Å²) in [7, 11) is -7.11. The zero-order valence-electron chi connectivity index (χ0n) is 16.6. The Morgan fingerprint density at radius 1 is 1.00 bits per heavy atom. The first-order valence-corrected chi connectivity index (χ1v) is 13.7. The van der Waals surface area contributed by atoms with E-state index in [2.05, 4.69) is 10.0 Å². The van der Waals surface area contributed by atoms with E-state index in [9.17, 15) is 21.6 Å². The third-order valence-electron chi connectivity index (χ3n) is 4.66. The second-order valence-electron chi connectivity index (χ2n) is 7.03. The number of piperidine rings is 1. The zero-order valence-corrected chi connectivity index (χ0v) is 19.1. The SMILES string of the molecule is CCCS(=O)(=O)Nc1ccc(NC(=O)c2sccc2S(=O)(=O)N2CCCCC2)cc1. The normalized spacial score (nSPS) is 15.6. The molecule has 0 bridgehead atoms. The standard InChI is InChI=1S/C19H25N3O5S3/c1-2-14-29(24,25)21-16-8-6-15(7-9-16)20-19(23)18-17(10-13-28-18)30(26,27)22-11-4-3-5-12-22/h6-10,13,21H,2-5,11-12,14H2,1H3,(H,20,23). The highest BCUT2D eigenvalue weighted by molar-refractivity contribution is 7.92. The molecule has 0 unspecified atom stereocenters. The molecule has 1 aromatic carbocycles. The van der Waals surface area contributed by atoms with Crippen molar-refractivity contribution in [3.63, 3.8) is 0 Å². The second kappa shape index (κ2) is 9.46. The minimum absolute atomic E-state index is 0.0239. The van der Waals surface area contributed by atoms with Crippen LogP contribution in [0.2, 0.25) is 0 Å². The van der Waals surface area contributed by atoms with Gasteiger partial charge in [0.15, 0.2) is 0 Å². The van der Waals surface area contributed by atoms with Gasteiger partial charge in [-0.1, -0.05) is 13.3 Å². The van der Waals surface area contributed by atoms with Crippen LogP contribution in [-0.4, -0.2) is 45.9 Å². The molecule has 1 aliphatic heterocycles. The maximum absolute atomic E-state index is 12.9. The number of rotatable bonds is 8. The van der Waals surface area contributed by atoms with Gasteiger partial charge in [0.2, 0.25) is 20.0 Å². The lowest BCUT2D eigenvalue weighted by atomic mass is 10.2. The summed E-state index contributed by atoms with van der Waals surface area (Å²) in [5.41, 5.74) is 0.832. The van der Waals surface area contributed by atoms with E-state index in [1.165, 1.54) is 10.4 Å². The van der Waals surface area contributed by atoms with Crippen LogP contribution in [0.3, 0.4) is 0 Å². The highest BCUT2D eigenvalue weighted by atomic mass is 32.2. The Morgan fingerprint density at radius 3 is 2.27 bits per heavy atom. The van der Waals surface area contributed by atoms with Crippen LogP contribution in [0.25, 0.3) is 0 Å². The highest BCUT2D eigenvalue weighted by Gasteiger charge is 2.31. The summed E-state index contributed by atoms with van der Waals surface area (Å²) in [5, 5.41) is 4.28. The largest absolute Gasteiger partial charge is 0.321 e. The Morgan fingerprint density at radius 2 is 1.63 bits per heavy atom. The first-order valence-electron chi connectivity index (χ1n) is 9.72. The third kappa shape index (κ3) is 5.39. The number of carbonyl (C=O) groups is 1. The van der Waals surface area contributed by atoms with E-state index in [1.54, 1.807) is 36.6 Å². The van der Waals surface area contributed by atoms with E-state index in [0.717, 1.165) is 30.6 Å². The molecule has 2 aromatic rings. The number of nitrogens with one attached hydrogen (secondary N) is 2. The fourth-order valence-corrected chi connectivity index (χ4v) is 7.17. The Hall–Kier alpha value is -1.95. The van der Waals surface area contributed by atoms with E-state index in [-0.39, 0.29) is 15.5 Å². The van der Waals surface area contributed by atoms with Crippen LogP contribution < -0.4 is 10.0 Å². The minimum Gasteiger partial charge on any atom is -0.321 e. The lowest BCUT2D eigenvalue weighted by molar-refractivity contribution is 0.102. The number of carbonyl (C=O) groups excluding carboxylic acids is 1. The molecule has 1 aromatic heterocycles. The van der Waals surface area contributed by atoms with Crippen LogP contribution in [0, 0.1) is 0 Å². The van der Waals surface area contributed by atoms with Crippen molar-refractivity contribution in [3.05, 3.63) is 40.6 Å². The summed E-state index contributed by atoms with van der Waals surface area (Å²) in [6, 6.07) is 7.68. The van der Waals surface area contributed by atoms with Crippen molar-refractivity contribution >= 4 is 48.7 Å². The molecule has 0 saturated carbocycles. The molecule has 30 heavy (non-hydrogen) atoms. The summed E-state index contributed by atoms with van der Waals surface area (Å²) >= 11 is 1.07. The Bertz CT molecular complexity index is 1090. The monoisotopic (exact) mass is 471 g/mol. The molecule has 1 saturated heterocycles. The van der Waals surface area contributed by atoms with Gasteiger partial charge >= 0.3 is 0 Å². The predicted molar refractivity (Wildman–Crippen MR) is 119 cm³/mol. The van der Waals surface area contributed by atoms with Gasteiger partial charge in [-0.3, -0.25) is 9.52 Å². The maximum atomic E-state index is 12.9. The molecule has 1 amide bonds. The Kier molecular flexibility index (Phi) is 7.17. The van der Waals surface area contributed by atoms with Crippen molar-refractivity contribution in [1.29, 1.82) is 0 Å². The average molecular weight is 472 g/mol. The number of hydrogen-bond donors (Lipinski definition) is 2. The Labute approximate surface area is 181 Å². The molecule has 0 radical (unpaired) electrons. The lowest BCUT2D eigenvalue weighted by Gasteiger charge is -2.25. The minimum atomic E-state index is -3.71. The second-order valence-corrected chi connectivity index (χ2v) is 11.7. The van der Waals surface area contributed by atoms with Gasteiger partial charge in [0, 0.05) is 24.5 Å². The van der Waals surface area contributed by atoms with Gasteiger partial charge in [-0.15, -0.1) is 11.3 Å². The van der Waals surface area contributed by atoms with E-state index >= 15 is 0 Å². The zero-order chi connectivity index (χ0) is 21.8. The Balaban J connectivity index is 1.72. The predicted octanol–water partition coefficient (Wildman–Crippen LogP) is 3.33. The fraction of sp³-hybridized carbons (Fsp3) is 0.421. The van der Waals surface area contributed by atoms with Gasteiger partial charge in [0.25, 0.3) is 5.91 Å². The summed E-state index contributed by atoms with van der Waals surface area (Å²) < 4.78 is 53.5. The first-order chi connectivity index (χ1) is 14.2. The maximum Gasteiger partial charge on any atom is 0.267 e. The van der Waals surface area contributed by atoms with Crippen LogP contribution in [0.15, 0.2) is 40.6 Å². The molecule has 2 heterocycles. The van der Waals surface area contributed by atoms with Crippen molar-refractivity contribution < 1.29 is 21.6 Å². The van der Waals surface area contributed by atoms with E-state index < -0.39 is 26.0 Å². The number of anilines is 2. The van der Waals surface area contributed by atoms with E-state index in [4.69, 9.17) is 0 Å². The van der Waals surface area contributed by atoms with E-state index in [0.29, 0.717) is 30.9 Å². The van der Waals surface area contributed by atoms with Gasteiger partial charge < -0.3 is 5.32 Å². The van der Waals surface area contributed by atoms with Gasteiger partial charge in [-0.05, 0) is 55.0 Å². The van der Waals surface area contributed by atoms with Crippen molar-refractivity contribution in [2.75, 3.05) is 28.9 Å². The van der Waals surface area contributed by atoms with Crippen LogP contribution in [0.1, 0.15) is 42.3 Å². The van der Waals surface area contributed by atoms with Crippen molar-refractivity contribution in [2.24, 2.45) is 0 Å². The molecule has 11 heteroatoms. The van der Waals surface area contributed by atoms with Crippen LogP contribution in [-0.2, 0) is 20.0 Å². The van der Waals surface area contributed by atoms with Crippen molar-refractivity contribution in [1.82, 2.24) is 4.31 Å². The molecule has 0 spiro atoms. The molecule has 164 valence electrons. The number of hydrogen-bond acceptors (Lipinski definition) is 6. The number of thiophene rings is 1. The van der Waals surface area contributed by atoms with Crippen molar-refractivity contribution in [3.8, 4) is 0 Å². The lowest BCUT2D eigenvalue weighted by Crippen LogP contribution is -2.36. The van der Waals surface area contributed by atoms with Gasteiger partial charge in [0.1, 0.15) is 9.77 Å². The average Bonchev–Trinajstić information content (AvgIpc) is 3.21. The van der Waals surface area contributed by atoms with Crippen molar-refractivity contribution in [2.45, 2.75) is 37.5 Å². The van der Waals surface area contributed by atoms with Crippen LogP contribution in [0.5, 0.6) is 0 Å². The fourth-order valence-electron chi connectivity index (χ4n) is 3.22. The molecule has 8 nitrogen and oxygen atoms in total. The van der Waals surface area contributed by atoms with Crippen LogP contribution >= 0.6 is 11.3 Å². The summed E-state index contributed by atoms with van der Waals surface area (Å²) in [5.74, 6) is -0.488. The summed E-state index contributed by atoms with van der Waals surface area (Å²) in [6.45, 7) is 2.71. The molecule has 0 atom stereocenters. The number of nitrogens with zero attached hydrogens (tertiary/aromatic N) is 1. The highest BCUT2D eigenvalue weighted by Crippen LogP contribution is 2.28. The first kappa shape index (κ1) is 22.7. The molecular formula is C19H25N3O5S3. The number of amides is 1. The molecule has 3 rings (SSSR count). The van der Waals surface area contributed by atoms with Gasteiger partial charge in [0.05, 0.1) is 5.75 Å². The molecular weight excluding hydrogens is 446 g/mol. The third-order valence-corrected chi connectivity index (χ3v) is 9.13. The molecule has 2 N–H and O–H groups in total. The summed E-state index contributed by atoms with van der Waals surface area (Å²) in [6.07, 6.45) is 3.15. The number of sulfonamides is 2. The van der Waals surface area contributed by atoms with E-state index in [1.807, 2.05) is 0 Å². The van der Waals surface area contributed by atoms with Crippen LogP contribution in [0.4, 0.5) is 11.4 Å². The summed E-state index contributed by atoms with van der Waals surface area (Å²) in [4.78, 5) is 12.9. The quantitative estimate of drug-likeness (QED) is 0.613. The molecule has 1 fully saturated rings.